The molecule has 3 N–H and O–H groups in total. The lowest BCUT2D eigenvalue weighted by Gasteiger charge is -2.19. The molecule has 27 heavy (non-hydrogen) atoms. The van der Waals surface area contributed by atoms with Crippen LogP contribution in [0.25, 0.3) is 0 Å². The lowest BCUT2D eigenvalue weighted by Crippen LogP contribution is -2.32. The molecule has 0 amide bonds. The molecule has 0 aliphatic carbocycles. The summed E-state index contributed by atoms with van der Waals surface area (Å²) in [5.74, 6) is -0.170. The number of aliphatic hydroxyl groups excluding tert-OH is 1. The Hall–Kier alpha value is -1.36. The molecule has 0 radical (unpaired) electrons. The van der Waals surface area contributed by atoms with Gasteiger partial charge in [0.25, 0.3) is 0 Å². The fourth-order valence-corrected chi connectivity index (χ4v) is 3.09. The largest absolute Gasteiger partial charge is 0.481 e. The topological polar surface area (TPSA) is 78.8 Å². The fraction of sp³-hybridized carbons (Fsp3) is 0.400. The average molecular weight is 412 g/mol. The van der Waals surface area contributed by atoms with Gasteiger partial charge in [-0.05, 0) is 55.7 Å². The summed E-state index contributed by atoms with van der Waals surface area (Å²) in [6.07, 6.45) is 0.163. The van der Waals surface area contributed by atoms with Crippen LogP contribution in [0.3, 0.4) is 0 Å². The van der Waals surface area contributed by atoms with E-state index in [0.29, 0.717) is 17.3 Å². The molecule has 0 aliphatic heterocycles. The molecule has 7 heteroatoms. The van der Waals surface area contributed by atoms with Gasteiger partial charge in [-0.25, -0.2) is 0 Å². The van der Waals surface area contributed by atoms with E-state index < -0.39 is 19.3 Å². The van der Waals surface area contributed by atoms with Gasteiger partial charge >= 0.3 is 0 Å². The van der Waals surface area contributed by atoms with Crippen LogP contribution in [0.1, 0.15) is 31.1 Å². The highest BCUT2D eigenvalue weighted by molar-refractivity contribution is 7.57. The van der Waals surface area contributed by atoms with Crippen molar-refractivity contribution < 1.29 is 19.3 Å². The second-order valence-corrected chi connectivity index (χ2v) is 9.94. The summed E-state index contributed by atoms with van der Waals surface area (Å²) in [5.41, 5.74) is 1.89. The van der Waals surface area contributed by atoms with Crippen molar-refractivity contribution in [1.82, 2.24) is 5.32 Å². The molecule has 2 rings (SSSR count). The maximum absolute atomic E-state index is 11.6. The van der Waals surface area contributed by atoms with E-state index in [9.17, 15) is 14.6 Å². The summed E-state index contributed by atoms with van der Waals surface area (Å²) in [5, 5.41) is 14.2. The van der Waals surface area contributed by atoms with Gasteiger partial charge in [-0.3, -0.25) is 4.57 Å². The molecule has 2 aromatic carbocycles. The quantitative estimate of drug-likeness (QED) is 0.538. The molecular weight excluding hydrogens is 385 g/mol. The van der Waals surface area contributed by atoms with Crippen LogP contribution in [0.2, 0.25) is 5.02 Å². The summed E-state index contributed by atoms with van der Waals surface area (Å²) in [6.45, 7) is 5.36. The predicted octanol–water partition coefficient (Wildman–Crippen LogP) is 4.22. The van der Waals surface area contributed by atoms with Gasteiger partial charge in [0.2, 0.25) is 7.37 Å². The van der Waals surface area contributed by atoms with Gasteiger partial charge in [0.15, 0.2) is 5.85 Å². The zero-order valence-electron chi connectivity index (χ0n) is 15.8. The van der Waals surface area contributed by atoms with Crippen LogP contribution in [0.5, 0.6) is 5.75 Å². The monoisotopic (exact) mass is 411 g/mol. The van der Waals surface area contributed by atoms with E-state index in [1.54, 1.807) is 31.2 Å². The molecule has 0 spiro atoms. The number of rotatable bonds is 9. The van der Waals surface area contributed by atoms with Gasteiger partial charge in [0, 0.05) is 24.3 Å². The van der Waals surface area contributed by atoms with Crippen molar-refractivity contribution in [2.24, 2.45) is 0 Å². The summed E-state index contributed by atoms with van der Waals surface area (Å²) in [7, 11) is -3.27. The van der Waals surface area contributed by atoms with E-state index in [-0.39, 0.29) is 6.04 Å². The first-order chi connectivity index (χ1) is 12.6. The third-order valence-corrected chi connectivity index (χ3v) is 6.03. The Labute approximate surface area is 165 Å². The minimum Gasteiger partial charge on any atom is -0.481 e. The standard InChI is InChI=1S/C20H27ClNO4P/c1-14(22-13-20(23)17-5-4-6-18(21)12-17)11-16-7-9-19(10-8-16)26-15(2)27(3,24)25/h4-10,12,14-15,20,22-23H,11,13H2,1-3H3,(H,24,25). The van der Waals surface area contributed by atoms with Crippen molar-refractivity contribution in [2.45, 2.75) is 38.3 Å². The molecule has 0 heterocycles. The minimum absolute atomic E-state index is 0.165. The number of nitrogens with one attached hydrogen (secondary N) is 1. The summed E-state index contributed by atoms with van der Waals surface area (Å²) in [6, 6.07) is 14.9. The van der Waals surface area contributed by atoms with Crippen molar-refractivity contribution >= 4 is 19.0 Å². The number of hydrogen-bond donors (Lipinski definition) is 3. The van der Waals surface area contributed by atoms with Crippen LogP contribution >= 0.6 is 19.0 Å². The highest BCUT2D eigenvalue weighted by Gasteiger charge is 2.22. The number of hydrogen-bond acceptors (Lipinski definition) is 4. The van der Waals surface area contributed by atoms with E-state index in [1.807, 2.05) is 24.3 Å². The fourth-order valence-electron chi connectivity index (χ4n) is 2.57. The Kier molecular flexibility index (Phi) is 7.90. The van der Waals surface area contributed by atoms with E-state index in [4.69, 9.17) is 16.3 Å². The zero-order chi connectivity index (χ0) is 20.0. The minimum atomic E-state index is -3.27. The Morgan fingerprint density at radius 3 is 2.44 bits per heavy atom. The molecule has 4 unspecified atom stereocenters. The van der Waals surface area contributed by atoms with Gasteiger partial charge in [0.1, 0.15) is 5.75 Å². The van der Waals surface area contributed by atoms with Gasteiger partial charge in [-0.1, -0.05) is 35.9 Å². The Morgan fingerprint density at radius 1 is 1.19 bits per heavy atom. The first kappa shape index (κ1) is 21.9. The molecule has 0 saturated heterocycles. The van der Waals surface area contributed by atoms with Crippen molar-refractivity contribution in [2.75, 3.05) is 13.2 Å². The third-order valence-electron chi connectivity index (χ3n) is 4.34. The molecular formula is C20H27ClNO4P. The molecule has 0 saturated carbocycles. The maximum atomic E-state index is 11.6. The van der Waals surface area contributed by atoms with E-state index in [1.165, 1.54) is 6.66 Å². The Morgan fingerprint density at radius 2 is 1.85 bits per heavy atom. The van der Waals surface area contributed by atoms with Crippen LogP contribution in [0, 0.1) is 0 Å². The van der Waals surface area contributed by atoms with E-state index in [0.717, 1.165) is 17.5 Å². The SMILES string of the molecule is CC(Cc1ccc(OC(C)P(C)(=O)O)cc1)NCC(O)c1cccc(Cl)c1. The summed E-state index contributed by atoms with van der Waals surface area (Å²) < 4.78 is 17.1. The molecule has 148 valence electrons. The van der Waals surface area contributed by atoms with Gasteiger partial charge < -0.3 is 20.1 Å². The van der Waals surface area contributed by atoms with Gasteiger partial charge in [-0.15, -0.1) is 0 Å². The average Bonchev–Trinajstić information content (AvgIpc) is 2.60. The highest BCUT2D eigenvalue weighted by Crippen LogP contribution is 2.42. The molecule has 2 aromatic rings. The molecule has 5 nitrogen and oxygen atoms in total. The molecule has 4 atom stereocenters. The van der Waals surface area contributed by atoms with Crippen LogP contribution in [0.15, 0.2) is 48.5 Å². The second kappa shape index (κ2) is 9.72. The van der Waals surface area contributed by atoms with Crippen molar-refractivity contribution in [3.8, 4) is 5.75 Å². The normalized spacial score (nSPS) is 17.0. The van der Waals surface area contributed by atoms with Crippen LogP contribution in [0.4, 0.5) is 0 Å². The Bertz CT molecular complexity index is 778. The van der Waals surface area contributed by atoms with Crippen LogP contribution in [-0.2, 0) is 11.0 Å². The maximum Gasteiger partial charge on any atom is 0.236 e. The second-order valence-electron chi connectivity index (χ2n) is 6.89. The number of aliphatic hydroxyl groups is 1. The van der Waals surface area contributed by atoms with Crippen LogP contribution < -0.4 is 10.1 Å². The number of ether oxygens (including phenoxy) is 1. The lowest BCUT2D eigenvalue weighted by atomic mass is 10.1. The highest BCUT2D eigenvalue weighted by atomic mass is 35.5. The van der Waals surface area contributed by atoms with Crippen molar-refractivity contribution in [1.29, 1.82) is 0 Å². The van der Waals surface area contributed by atoms with Crippen molar-refractivity contribution in [3.05, 3.63) is 64.7 Å². The lowest BCUT2D eigenvalue weighted by molar-refractivity contribution is 0.170. The third kappa shape index (κ3) is 7.28. The first-order valence-corrected chi connectivity index (χ1v) is 11.4. The number of benzene rings is 2. The first-order valence-electron chi connectivity index (χ1n) is 8.87. The van der Waals surface area contributed by atoms with Gasteiger partial charge in [0.05, 0.1) is 6.10 Å². The summed E-state index contributed by atoms with van der Waals surface area (Å²) in [4.78, 5) is 9.52. The smallest absolute Gasteiger partial charge is 0.236 e. The molecule has 0 bridgehead atoms. The zero-order valence-corrected chi connectivity index (χ0v) is 17.5. The Balaban J connectivity index is 1.83. The van der Waals surface area contributed by atoms with Crippen LogP contribution in [-0.4, -0.2) is 35.1 Å². The number of halogens is 1. The molecule has 0 aromatic heterocycles. The van der Waals surface area contributed by atoms with Crippen molar-refractivity contribution in [3.63, 3.8) is 0 Å². The van der Waals surface area contributed by atoms with E-state index in [2.05, 4.69) is 12.2 Å². The predicted molar refractivity (Wildman–Crippen MR) is 110 cm³/mol. The molecule has 0 fully saturated rings. The van der Waals surface area contributed by atoms with Gasteiger partial charge in [-0.2, -0.15) is 0 Å². The van der Waals surface area contributed by atoms with E-state index >= 15 is 0 Å². The summed E-state index contributed by atoms with van der Waals surface area (Å²) >= 11 is 5.96. The molecule has 0 aliphatic rings.